The topological polar surface area (TPSA) is 85.1 Å². The summed E-state index contributed by atoms with van der Waals surface area (Å²) in [6.45, 7) is 2.66. The van der Waals surface area contributed by atoms with E-state index in [-0.39, 0.29) is 18.0 Å². The van der Waals surface area contributed by atoms with Crippen LogP contribution in [0.4, 0.5) is 11.4 Å². The van der Waals surface area contributed by atoms with Gasteiger partial charge in [0.1, 0.15) is 6.61 Å². The van der Waals surface area contributed by atoms with Crippen molar-refractivity contribution in [2.45, 2.75) is 13.0 Å². The zero-order valence-corrected chi connectivity index (χ0v) is 9.91. The number of aliphatic hydroxyl groups excluding tert-OH is 1. The summed E-state index contributed by atoms with van der Waals surface area (Å²) in [5.74, 6) is 0.199. The fourth-order valence-corrected chi connectivity index (χ4v) is 1.73. The maximum Gasteiger partial charge on any atom is 0.311 e. The molecule has 0 saturated carbocycles. The van der Waals surface area contributed by atoms with Gasteiger partial charge in [-0.25, -0.2) is 0 Å². The molecule has 0 spiro atoms. The van der Waals surface area contributed by atoms with Crippen molar-refractivity contribution in [2.75, 3.05) is 24.8 Å². The number of β-amino-alcohol motifs (C(OH)–C–C–N with tert-alkyl or cyclic N) is 1. The van der Waals surface area contributed by atoms with Gasteiger partial charge in [-0.15, -0.1) is 0 Å². The first-order valence-corrected chi connectivity index (χ1v) is 5.61. The molecule has 0 radical (unpaired) electrons. The van der Waals surface area contributed by atoms with Crippen molar-refractivity contribution in [2.24, 2.45) is 0 Å². The van der Waals surface area contributed by atoms with Gasteiger partial charge in [0.15, 0.2) is 5.75 Å². The number of hydroxylamine groups is 1. The monoisotopic (exact) mass is 254 g/mol. The standard InChI is InChI=1S/C11H14N2O5/c1-2-17-11-5-8(3-4-10(11)13(15)16)12-6-9(14)7-18-12/h3-5,9,14H,2,6-7H2,1H3. The van der Waals surface area contributed by atoms with Crippen LogP contribution in [0.25, 0.3) is 0 Å². The Morgan fingerprint density at radius 2 is 2.44 bits per heavy atom. The van der Waals surface area contributed by atoms with Crippen molar-refractivity contribution in [3.63, 3.8) is 0 Å². The highest BCUT2D eigenvalue weighted by Gasteiger charge is 2.24. The molecule has 1 N–H and O–H groups in total. The van der Waals surface area contributed by atoms with E-state index in [9.17, 15) is 15.2 Å². The largest absolute Gasteiger partial charge is 0.487 e. The molecule has 1 aliphatic heterocycles. The smallest absolute Gasteiger partial charge is 0.311 e. The van der Waals surface area contributed by atoms with Crippen LogP contribution in [0.1, 0.15) is 6.92 Å². The van der Waals surface area contributed by atoms with E-state index in [1.807, 2.05) is 0 Å². The third kappa shape index (κ3) is 2.52. The fourth-order valence-electron chi connectivity index (χ4n) is 1.73. The Hall–Kier alpha value is -1.86. The van der Waals surface area contributed by atoms with E-state index in [1.54, 1.807) is 19.1 Å². The van der Waals surface area contributed by atoms with E-state index in [1.165, 1.54) is 11.1 Å². The zero-order chi connectivity index (χ0) is 13.1. The molecular formula is C11H14N2O5. The molecule has 0 amide bonds. The van der Waals surface area contributed by atoms with Crippen LogP contribution in [-0.2, 0) is 4.84 Å². The van der Waals surface area contributed by atoms with Gasteiger partial charge in [-0.05, 0) is 13.0 Å². The minimum atomic E-state index is -0.546. The molecule has 1 aromatic carbocycles. The average molecular weight is 254 g/mol. The molecule has 18 heavy (non-hydrogen) atoms. The van der Waals surface area contributed by atoms with Crippen LogP contribution in [0.3, 0.4) is 0 Å². The van der Waals surface area contributed by atoms with Gasteiger partial charge in [-0.3, -0.25) is 20.0 Å². The van der Waals surface area contributed by atoms with Crippen LogP contribution in [0.15, 0.2) is 18.2 Å². The highest BCUT2D eigenvalue weighted by atomic mass is 16.7. The molecule has 1 saturated heterocycles. The van der Waals surface area contributed by atoms with Gasteiger partial charge < -0.3 is 9.84 Å². The molecule has 1 aliphatic rings. The molecule has 0 aliphatic carbocycles. The lowest BCUT2D eigenvalue weighted by Gasteiger charge is -2.16. The fraction of sp³-hybridized carbons (Fsp3) is 0.455. The number of hydrogen-bond donors (Lipinski definition) is 1. The second-order valence-electron chi connectivity index (χ2n) is 3.85. The average Bonchev–Trinajstić information content (AvgIpc) is 2.76. The van der Waals surface area contributed by atoms with Crippen LogP contribution < -0.4 is 9.80 Å². The Kier molecular flexibility index (Phi) is 3.63. The normalized spacial score (nSPS) is 19.0. The summed E-state index contributed by atoms with van der Waals surface area (Å²) in [6, 6.07) is 4.48. The molecule has 1 atom stereocenters. The van der Waals surface area contributed by atoms with E-state index in [0.29, 0.717) is 18.8 Å². The summed E-state index contributed by atoms with van der Waals surface area (Å²) in [7, 11) is 0. The molecular weight excluding hydrogens is 240 g/mol. The Labute approximate surface area is 104 Å². The quantitative estimate of drug-likeness (QED) is 0.639. The number of nitro benzene ring substituents is 1. The second kappa shape index (κ2) is 5.19. The lowest BCUT2D eigenvalue weighted by molar-refractivity contribution is -0.385. The molecule has 1 aromatic rings. The molecule has 7 heteroatoms. The summed E-state index contributed by atoms with van der Waals surface area (Å²) in [4.78, 5) is 15.6. The van der Waals surface area contributed by atoms with E-state index >= 15 is 0 Å². The molecule has 0 bridgehead atoms. The van der Waals surface area contributed by atoms with Gasteiger partial charge in [0.25, 0.3) is 0 Å². The first kappa shape index (κ1) is 12.6. The maximum absolute atomic E-state index is 10.8. The Morgan fingerprint density at radius 3 is 3.00 bits per heavy atom. The van der Waals surface area contributed by atoms with E-state index in [0.717, 1.165) is 0 Å². The van der Waals surface area contributed by atoms with Crippen molar-refractivity contribution in [1.82, 2.24) is 0 Å². The summed E-state index contributed by atoms with van der Waals surface area (Å²) in [5, 5.41) is 21.7. The number of nitro groups is 1. The summed E-state index contributed by atoms with van der Waals surface area (Å²) in [5.41, 5.74) is 0.543. The predicted molar refractivity (Wildman–Crippen MR) is 63.6 cm³/mol. The van der Waals surface area contributed by atoms with Crippen LogP contribution in [0.2, 0.25) is 0 Å². The van der Waals surface area contributed by atoms with Gasteiger partial charge in [0.05, 0.1) is 29.9 Å². The molecule has 1 heterocycles. The van der Waals surface area contributed by atoms with Crippen molar-refractivity contribution >= 4 is 11.4 Å². The third-order valence-electron chi connectivity index (χ3n) is 2.53. The molecule has 98 valence electrons. The predicted octanol–water partition coefficient (Wildman–Crippen LogP) is 1.11. The number of nitrogens with zero attached hydrogens (tertiary/aromatic N) is 2. The highest BCUT2D eigenvalue weighted by Crippen LogP contribution is 2.32. The number of hydrogen-bond acceptors (Lipinski definition) is 6. The first-order valence-electron chi connectivity index (χ1n) is 5.61. The van der Waals surface area contributed by atoms with Gasteiger partial charge in [-0.2, -0.15) is 0 Å². The summed E-state index contributed by atoms with van der Waals surface area (Å²) < 4.78 is 5.24. The van der Waals surface area contributed by atoms with Crippen molar-refractivity contribution < 1.29 is 19.6 Å². The SMILES string of the molecule is CCOc1cc(N2CC(O)CO2)ccc1[N+](=O)[O-]. The highest BCUT2D eigenvalue weighted by molar-refractivity contribution is 5.58. The van der Waals surface area contributed by atoms with Crippen molar-refractivity contribution in [3.8, 4) is 5.75 Å². The number of ether oxygens (including phenoxy) is 1. The van der Waals surface area contributed by atoms with Gasteiger partial charge >= 0.3 is 5.69 Å². The second-order valence-corrected chi connectivity index (χ2v) is 3.85. The summed E-state index contributed by atoms with van der Waals surface area (Å²) >= 11 is 0. The lowest BCUT2D eigenvalue weighted by atomic mass is 10.2. The van der Waals surface area contributed by atoms with Crippen molar-refractivity contribution in [3.05, 3.63) is 28.3 Å². The third-order valence-corrected chi connectivity index (χ3v) is 2.53. The van der Waals surface area contributed by atoms with Gasteiger partial charge in [-0.1, -0.05) is 0 Å². The maximum atomic E-state index is 10.8. The minimum Gasteiger partial charge on any atom is -0.487 e. The first-order chi connectivity index (χ1) is 8.61. The number of rotatable bonds is 4. The van der Waals surface area contributed by atoms with Crippen LogP contribution >= 0.6 is 0 Å². The molecule has 1 fully saturated rings. The number of anilines is 1. The van der Waals surface area contributed by atoms with Gasteiger partial charge in [0.2, 0.25) is 0 Å². The molecule has 0 aromatic heterocycles. The Bertz CT molecular complexity index is 451. The van der Waals surface area contributed by atoms with Crippen molar-refractivity contribution in [1.29, 1.82) is 0 Å². The number of aliphatic hydroxyl groups is 1. The molecule has 2 rings (SSSR count). The zero-order valence-electron chi connectivity index (χ0n) is 9.91. The van der Waals surface area contributed by atoms with Crippen LogP contribution in [0.5, 0.6) is 5.75 Å². The molecule has 7 nitrogen and oxygen atoms in total. The van der Waals surface area contributed by atoms with Crippen LogP contribution in [0, 0.1) is 10.1 Å². The van der Waals surface area contributed by atoms with E-state index < -0.39 is 11.0 Å². The lowest BCUT2D eigenvalue weighted by Crippen LogP contribution is -2.20. The Morgan fingerprint density at radius 1 is 1.67 bits per heavy atom. The van der Waals surface area contributed by atoms with E-state index in [4.69, 9.17) is 9.57 Å². The molecule has 1 unspecified atom stereocenters. The van der Waals surface area contributed by atoms with Gasteiger partial charge in [0, 0.05) is 12.1 Å². The Balaban J connectivity index is 2.28. The minimum absolute atomic E-state index is 0.0830. The number of benzene rings is 1. The summed E-state index contributed by atoms with van der Waals surface area (Å²) in [6.07, 6.45) is -0.546. The van der Waals surface area contributed by atoms with Crippen LogP contribution in [-0.4, -0.2) is 35.9 Å². The van der Waals surface area contributed by atoms with E-state index in [2.05, 4.69) is 0 Å².